The smallest absolute Gasteiger partial charge is 0.408 e. The summed E-state index contributed by atoms with van der Waals surface area (Å²) >= 11 is 0. The lowest BCUT2D eigenvalue weighted by atomic mass is 9.82. The number of amides is 1. The van der Waals surface area contributed by atoms with Gasteiger partial charge in [-0.15, -0.1) is 0 Å². The molecule has 1 aliphatic heterocycles. The molecule has 0 aromatic heterocycles. The Kier molecular flexibility index (Phi) is 7.62. The summed E-state index contributed by atoms with van der Waals surface area (Å²) in [5.74, 6) is -1.83. The second-order valence-electron chi connectivity index (χ2n) is 7.63. The largest absolute Gasteiger partial charge is 0.464 e. The van der Waals surface area contributed by atoms with Crippen molar-refractivity contribution in [2.75, 3.05) is 13.2 Å². The van der Waals surface area contributed by atoms with Crippen LogP contribution >= 0.6 is 0 Å². The maximum Gasteiger partial charge on any atom is 0.408 e. The molecule has 0 saturated heterocycles. The van der Waals surface area contributed by atoms with Crippen LogP contribution in [-0.2, 0) is 28.6 Å². The Balaban J connectivity index is 3.00. The van der Waals surface area contributed by atoms with Crippen LogP contribution in [0.5, 0.6) is 0 Å². The number of ether oxygens (including phenoxy) is 3. The summed E-state index contributed by atoms with van der Waals surface area (Å²) in [7, 11) is 0. The summed E-state index contributed by atoms with van der Waals surface area (Å²) in [6, 6.07) is -1.04. The van der Waals surface area contributed by atoms with Crippen molar-refractivity contribution < 1.29 is 33.4 Å². The van der Waals surface area contributed by atoms with Gasteiger partial charge in [-0.3, -0.25) is 0 Å². The lowest BCUT2D eigenvalue weighted by molar-refractivity contribution is -0.146. The van der Waals surface area contributed by atoms with E-state index in [-0.39, 0.29) is 25.3 Å². The van der Waals surface area contributed by atoms with Gasteiger partial charge in [-0.25, -0.2) is 14.4 Å². The molecule has 27 heavy (non-hydrogen) atoms. The third kappa shape index (κ3) is 6.73. The SMILES string of the molecule is CCOC(=O)C1=NOC(C)(C)[C@@H]1C[C@H](NC(=O)OC(C)(C)C)C(=O)OCC. The van der Waals surface area contributed by atoms with Crippen molar-refractivity contribution >= 4 is 23.7 Å². The van der Waals surface area contributed by atoms with Gasteiger partial charge in [0.15, 0.2) is 5.71 Å². The first-order chi connectivity index (χ1) is 12.4. The third-order valence-corrected chi connectivity index (χ3v) is 3.77. The average molecular weight is 386 g/mol. The van der Waals surface area contributed by atoms with E-state index >= 15 is 0 Å². The lowest BCUT2D eigenvalue weighted by Crippen LogP contribution is -2.48. The number of rotatable bonds is 7. The van der Waals surface area contributed by atoms with Crippen LogP contribution in [0.25, 0.3) is 0 Å². The van der Waals surface area contributed by atoms with E-state index in [4.69, 9.17) is 19.0 Å². The van der Waals surface area contributed by atoms with E-state index < -0.39 is 41.2 Å². The summed E-state index contributed by atoms with van der Waals surface area (Å²) in [6.45, 7) is 12.3. The first-order valence-electron chi connectivity index (χ1n) is 9.00. The topological polar surface area (TPSA) is 113 Å². The second-order valence-corrected chi connectivity index (χ2v) is 7.63. The molecule has 154 valence electrons. The Morgan fingerprint density at radius 1 is 1.19 bits per heavy atom. The number of oxime groups is 1. The van der Waals surface area contributed by atoms with Gasteiger partial charge in [-0.2, -0.15) is 0 Å². The van der Waals surface area contributed by atoms with E-state index in [2.05, 4.69) is 10.5 Å². The van der Waals surface area contributed by atoms with Gasteiger partial charge in [0.2, 0.25) is 0 Å². The molecule has 0 fully saturated rings. The van der Waals surface area contributed by atoms with Gasteiger partial charge in [0, 0.05) is 0 Å². The zero-order chi connectivity index (χ0) is 20.8. The Morgan fingerprint density at radius 2 is 1.78 bits per heavy atom. The fourth-order valence-electron chi connectivity index (χ4n) is 2.55. The van der Waals surface area contributed by atoms with Crippen LogP contribution in [0.15, 0.2) is 5.16 Å². The van der Waals surface area contributed by atoms with E-state index in [9.17, 15) is 14.4 Å². The first-order valence-corrected chi connectivity index (χ1v) is 9.00. The summed E-state index contributed by atoms with van der Waals surface area (Å²) in [6.07, 6.45) is -0.713. The van der Waals surface area contributed by atoms with Gasteiger partial charge < -0.3 is 24.4 Å². The number of hydrogen-bond acceptors (Lipinski definition) is 8. The molecule has 0 saturated carbocycles. The summed E-state index contributed by atoms with van der Waals surface area (Å²) in [4.78, 5) is 42.0. The van der Waals surface area contributed by atoms with Crippen LogP contribution in [0.4, 0.5) is 4.79 Å². The van der Waals surface area contributed by atoms with E-state index in [1.165, 1.54) is 0 Å². The van der Waals surface area contributed by atoms with Gasteiger partial charge in [-0.05, 0) is 54.9 Å². The van der Waals surface area contributed by atoms with E-state index in [1.807, 2.05) is 0 Å². The van der Waals surface area contributed by atoms with E-state index in [0.29, 0.717) is 0 Å². The normalized spacial score (nSPS) is 19.4. The zero-order valence-corrected chi connectivity index (χ0v) is 17.1. The average Bonchev–Trinajstić information content (AvgIpc) is 2.80. The number of alkyl carbamates (subject to hydrolysis) is 1. The fraction of sp³-hybridized carbons (Fsp3) is 0.778. The molecule has 9 nitrogen and oxygen atoms in total. The van der Waals surface area contributed by atoms with Crippen molar-refractivity contribution in [1.29, 1.82) is 0 Å². The molecule has 1 amide bonds. The Bertz CT molecular complexity index is 593. The van der Waals surface area contributed by atoms with Crippen molar-refractivity contribution in [1.82, 2.24) is 5.32 Å². The lowest BCUT2D eigenvalue weighted by Gasteiger charge is -2.28. The Hall–Kier alpha value is -2.32. The monoisotopic (exact) mass is 386 g/mol. The highest BCUT2D eigenvalue weighted by Gasteiger charge is 2.47. The van der Waals surface area contributed by atoms with Crippen molar-refractivity contribution in [3.8, 4) is 0 Å². The molecule has 0 aliphatic carbocycles. The van der Waals surface area contributed by atoms with Crippen LogP contribution < -0.4 is 5.32 Å². The summed E-state index contributed by atoms with van der Waals surface area (Å²) in [5, 5.41) is 6.35. The molecule has 9 heteroatoms. The number of carbonyl (C=O) groups is 3. The molecule has 0 bridgehead atoms. The predicted octanol–water partition coefficient (Wildman–Crippen LogP) is 2.18. The quantitative estimate of drug-likeness (QED) is 0.527. The van der Waals surface area contributed by atoms with E-state index in [1.54, 1.807) is 48.5 Å². The summed E-state index contributed by atoms with van der Waals surface area (Å²) in [5.41, 5.74) is -1.51. The highest BCUT2D eigenvalue weighted by Crippen LogP contribution is 2.33. The number of nitrogens with zero attached hydrogens (tertiary/aromatic N) is 1. The number of nitrogens with one attached hydrogen (secondary N) is 1. The minimum absolute atomic E-state index is 0.0444. The number of carbonyl (C=O) groups excluding carboxylic acids is 3. The van der Waals surface area contributed by atoms with Crippen LogP contribution in [0, 0.1) is 5.92 Å². The molecule has 1 aliphatic rings. The Morgan fingerprint density at radius 3 is 2.30 bits per heavy atom. The minimum Gasteiger partial charge on any atom is -0.464 e. The minimum atomic E-state index is -1.04. The van der Waals surface area contributed by atoms with Crippen molar-refractivity contribution in [2.24, 2.45) is 11.1 Å². The molecule has 0 aromatic carbocycles. The second kappa shape index (κ2) is 9.05. The maximum atomic E-state index is 12.4. The molecular formula is C18H30N2O7. The molecule has 1 rings (SSSR count). The Labute approximate surface area is 159 Å². The third-order valence-electron chi connectivity index (χ3n) is 3.77. The van der Waals surface area contributed by atoms with Gasteiger partial charge in [-0.1, -0.05) is 5.16 Å². The number of esters is 2. The molecule has 1 N–H and O–H groups in total. The van der Waals surface area contributed by atoms with E-state index in [0.717, 1.165) is 0 Å². The predicted molar refractivity (Wildman–Crippen MR) is 97.1 cm³/mol. The van der Waals surface area contributed by atoms with Crippen molar-refractivity contribution in [3.63, 3.8) is 0 Å². The molecule has 0 spiro atoms. The molecule has 0 radical (unpaired) electrons. The molecule has 1 heterocycles. The standard InChI is InChI=1S/C18H30N2O7/c1-8-24-14(21)12(19-16(23)26-17(3,4)5)10-11-13(15(22)25-9-2)20-27-18(11,6)7/h11-12H,8-10H2,1-7H3,(H,19,23)/t11-,12+/m1/s1. The zero-order valence-electron chi connectivity index (χ0n) is 17.1. The van der Waals surface area contributed by atoms with Gasteiger partial charge in [0.1, 0.15) is 17.2 Å². The van der Waals surface area contributed by atoms with Gasteiger partial charge in [0.05, 0.1) is 19.1 Å². The molecule has 0 aromatic rings. The summed E-state index contributed by atoms with van der Waals surface area (Å²) < 4.78 is 15.3. The van der Waals surface area contributed by atoms with Crippen LogP contribution in [0.3, 0.4) is 0 Å². The first kappa shape index (κ1) is 22.7. The van der Waals surface area contributed by atoms with Crippen LogP contribution in [0.2, 0.25) is 0 Å². The van der Waals surface area contributed by atoms with Gasteiger partial charge >= 0.3 is 18.0 Å². The fourth-order valence-corrected chi connectivity index (χ4v) is 2.55. The van der Waals surface area contributed by atoms with Crippen LogP contribution in [0.1, 0.15) is 54.9 Å². The molecule has 0 unspecified atom stereocenters. The highest BCUT2D eigenvalue weighted by molar-refractivity contribution is 6.37. The maximum absolute atomic E-state index is 12.4. The molecular weight excluding hydrogens is 356 g/mol. The number of hydrogen-bond donors (Lipinski definition) is 1. The highest BCUT2D eigenvalue weighted by atomic mass is 16.7. The van der Waals surface area contributed by atoms with Crippen molar-refractivity contribution in [2.45, 2.75) is 72.1 Å². The molecule has 2 atom stereocenters. The van der Waals surface area contributed by atoms with Crippen LogP contribution in [-0.4, -0.2) is 54.2 Å². The van der Waals surface area contributed by atoms with Gasteiger partial charge in [0.25, 0.3) is 0 Å². The van der Waals surface area contributed by atoms with Crippen molar-refractivity contribution in [3.05, 3.63) is 0 Å².